The first-order chi connectivity index (χ1) is 15.5. The molecule has 2 aromatic carbocycles. The number of carbonyl (C=O) groups excluding carboxylic acids is 3. The summed E-state index contributed by atoms with van der Waals surface area (Å²) in [6.07, 6.45) is 3.42. The molecule has 0 aromatic heterocycles. The first-order valence-corrected chi connectivity index (χ1v) is 10.3. The van der Waals surface area contributed by atoms with Crippen LogP contribution in [0.5, 0.6) is 11.5 Å². The number of ether oxygens (including phenoxy) is 2. The molecule has 0 spiro atoms. The van der Waals surface area contributed by atoms with Crippen molar-refractivity contribution in [3.8, 4) is 11.5 Å². The zero-order chi connectivity index (χ0) is 22.9. The topological polar surface area (TPSA) is 109 Å². The van der Waals surface area contributed by atoms with Gasteiger partial charge in [0.15, 0.2) is 18.1 Å². The second-order valence-corrected chi connectivity index (χ2v) is 7.31. The zero-order valence-corrected chi connectivity index (χ0v) is 18.1. The van der Waals surface area contributed by atoms with Gasteiger partial charge in [0.25, 0.3) is 5.91 Å². The molecule has 2 aromatic rings. The number of nitrogens with one attached hydrogen (secondary N) is 2. The number of rotatable bonds is 7. The number of methoxy groups -OCH3 is 1. The van der Waals surface area contributed by atoms with E-state index in [1.807, 2.05) is 13.0 Å². The van der Waals surface area contributed by atoms with Gasteiger partial charge in [0, 0.05) is 18.8 Å². The molecule has 3 amide bonds. The fourth-order valence-corrected chi connectivity index (χ4v) is 3.21. The predicted molar refractivity (Wildman–Crippen MR) is 120 cm³/mol. The highest BCUT2D eigenvalue weighted by molar-refractivity contribution is 6.39. The number of amides is 3. The van der Waals surface area contributed by atoms with Gasteiger partial charge in [0.2, 0.25) is 0 Å². The van der Waals surface area contributed by atoms with Crippen LogP contribution >= 0.6 is 0 Å². The number of hydrogen-bond acceptors (Lipinski definition) is 6. The number of anilines is 1. The van der Waals surface area contributed by atoms with Gasteiger partial charge >= 0.3 is 11.8 Å². The van der Waals surface area contributed by atoms with Crippen molar-refractivity contribution in [1.82, 2.24) is 10.3 Å². The van der Waals surface area contributed by atoms with Gasteiger partial charge in [-0.05, 0) is 61.2 Å². The normalized spacial score (nSPS) is 13.1. The Balaban J connectivity index is 1.53. The number of hydrazone groups is 1. The molecule has 1 heterocycles. The summed E-state index contributed by atoms with van der Waals surface area (Å²) in [6.45, 7) is 3.36. The number of nitrogens with zero attached hydrogens (tertiary/aromatic N) is 2. The molecule has 32 heavy (non-hydrogen) atoms. The van der Waals surface area contributed by atoms with Gasteiger partial charge in [-0.15, -0.1) is 0 Å². The minimum Gasteiger partial charge on any atom is -0.493 e. The van der Waals surface area contributed by atoms with Crippen molar-refractivity contribution in [3.63, 3.8) is 0 Å². The summed E-state index contributed by atoms with van der Waals surface area (Å²) in [5, 5.41) is 6.32. The first kappa shape index (κ1) is 22.8. The van der Waals surface area contributed by atoms with E-state index in [0.29, 0.717) is 22.7 Å². The molecule has 9 heteroatoms. The Morgan fingerprint density at radius 3 is 2.56 bits per heavy atom. The fraction of sp³-hybridized carbons (Fsp3) is 0.304. The Kier molecular flexibility index (Phi) is 7.80. The molecule has 1 saturated heterocycles. The Morgan fingerprint density at radius 2 is 1.84 bits per heavy atom. The van der Waals surface area contributed by atoms with Crippen LogP contribution in [0.1, 0.15) is 24.0 Å². The van der Waals surface area contributed by atoms with E-state index in [9.17, 15) is 14.4 Å². The Morgan fingerprint density at radius 1 is 1.06 bits per heavy atom. The van der Waals surface area contributed by atoms with Crippen molar-refractivity contribution in [2.75, 3.05) is 32.1 Å². The molecule has 3 rings (SSSR count). The van der Waals surface area contributed by atoms with E-state index in [4.69, 9.17) is 9.47 Å². The van der Waals surface area contributed by atoms with Crippen molar-refractivity contribution < 1.29 is 23.9 Å². The number of aryl methyl sites for hydroxylation is 1. The molecule has 2 N–H and O–H groups in total. The minimum absolute atomic E-state index is 0.0538. The Hall–Kier alpha value is -3.88. The third-order valence-corrected chi connectivity index (χ3v) is 4.86. The van der Waals surface area contributed by atoms with Gasteiger partial charge in [-0.3, -0.25) is 14.4 Å². The van der Waals surface area contributed by atoms with Crippen molar-refractivity contribution in [2.24, 2.45) is 5.10 Å². The molecule has 0 unspecified atom stereocenters. The number of benzene rings is 2. The van der Waals surface area contributed by atoms with Gasteiger partial charge in [-0.1, -0.05) is 12.1 Å². The molecule has 1 aliphatic heterocycles. The third kappa shape index (κ3) is 6.31. The summed E-state index contributed by atoms with van der Waals surface area (Å²) >= 11 is 0. The SMILES string of the molecule is COc1cc(/C=N\NC(=O)C(=O)Nc2cccc(C)c2)ccc1OCC(=O)N1CCCC1. The molecule has 1 fully saturated rings. The maximum absolute atomic E-state index is 12.1. The molecule has 0 saturated carbocycles. The molecule has 0 bridgehead atoms. The Bertz CT molecular complexity index is 1020. The highest BCUT2D eigenvalue weighted by Gasteiger charge is 2.19. The highest BCUT2D eigenvalue weighted by atomic mass is 16.5. The lowest BCUT2D eigenvalue weighted by atomic mass is 10.2. The van der Waals surface area contributed by atoms with E-state index in [0.717, 1.165) is 31.5 Å². The maximum Gasteiger partial charge on any atom is 0.329 e. The van der Waals surface area contributed by atoms with Crippen LogP contribution in [0.3, 0.4) is 0 Å². The average molecular weight is 438 g/mol. The maximum atomic E-state index is 12.1. The monoisotopic (exact) mass is 438 g/mol. The van der Waals surface area contributed by atoms with Crippen LogP contribution in [-0.2, 0) is 14.4 Å². The molecule has 9 nitrogen and oxygen atoms in total. The van der Waals surface area contributed by atoms with Crippen LogP contribution in [-0.4, -0.2) is 55.6 Å². The number of likely N-dealkylation sites (tertiary alicyclic amines) is 1. The van der Waals surface area contributed by atoms with E-state index in [2.05, 4.69) is 15.8 Å². The van der Waals surface area contributed by atoms with Crippen LogP contribution in [0.15, 0.2) is 47.6 Å². The minimum atomic E-state index is -0.893. The van der Waals surface area contributed by atoms with Gasteiger partial charge in [-0.2, -0.15) is 5.10 Å². The van der Waals surface area contributed by atoms with Crippen molar-refractivity contribution in [1.29, 1.82) is 0 Å². The van der Waals surface area contributed by atoms with E-state index in [1.165, 1.54) is 13.3 Å². The third-order valence-electron chi connectivity index (χ3n) is 4.86. The summed E-state index contributed by atoms with van der Waals surface area (Å²) in [4.78, 5) is 37.8. The van der Waals surface area contributed by atoms with Crippen LogP contribution < -0.4 is 20.2 Å². The van der Waals surface area contributed by atoms with Crippen LogP contribution in [0.2, 0.25) is 0 Å². The van der Waals surface area contributed by atoms with Crippen molar-refractivity contribution in [2.45, 2.75) is 19.8 Å². The number of carbonyl (C=O) groups is 3. The smallest absolute Gasteiger partial charge is 0.329 e. The quantitative estimate of drug-likeness (QED) is 0.391. The predicted octanol–water partition coefficient (Wildman–Crippen LogP) is 2.09. The lowest BCUT2D eigenvalue weighted by molar-refractivity contribution is -0.136. The molecular weight excluding hydrogens is 412 g/mol. The molecule has 168 valence electrons. The lowest BCUT2D eigenvalue weighted by Crippen LogP contribution is -2.32. The summed E-state index contributed by atoms with van der Waals surface area (Å²) < 4.78 is 10.9. The second kappa shape index (κ2) is 10.9. The standard InChI is InChI=1S/C23H26N4O5/c1-16-6-5-7-18(12-16)25-22(29)23(30)26-24-14-17-8-9-19(20(13-17)31-2)32-15-21(28)27-10-3-4-11-27/h5-9,12-14H,3-4,10-11,15H2,1-2H3,(H,25,29)(H,26,30)/b24-14-. The molecular formula is C23H26N4O5. The van der Waals surface area contributed by atoms with Crippen LogP contribution in [0.4, 0.5) is 5.69 Å². The van der Waals surface area contributed by atoms with Crippen molar-refractivity contribution >= 4 is 29.6 Å². The highest BCUT2D eigenvalue weighted by Crippen LogP contribution is 2.27. The van der Waals surface area contributed by atoms with Gasteiger partial charge in [0.1, 0.15) is 0 Å². The largest absolute Gasteiger partial charge is 0.493 e. The Labute approximate surface area is 186 Å². The van der Waals surface area contributed by atoms with Crippen molar-refractivity contribution in [3.05, 3.63) is 53.6 Å². The van der Waals surface area contributed by atoms with E-state index >= 15 is 0 Å². The van der Waals surface area contributed by atoms with E-state index < -0.39 is 11.8 Å². The van der Waals surface area contributed by atoms with Gasteiger partial charge in [-0.25, -0.2) is 5.43 Å². The van der Waals surface area contributed by atoms with Crippen LogP contribution in [0, 0.1) is 6.92 Å². The zero-order valence-electron chi connectivity index (χ0n) is 18.1. The molecule has 0 atom stereocenters. The van der Waals surface area contributed by atoms with E-state index in [1.54, 1.807) is 41.3 Å². The fourth-order valence-electron chi connectivity index (χ4n) is 3.21. The summed E-state index contributed by atoms with van der Waals surface area (Å²) in [5.41, 5.74) is 4.28. The summed E-state index contributed by atoms with van der Waals surface area (Å²) in [5.74, 6) is -0.917. The molecule has 0 aliphatic carbocycles. The number of hydrogen-bond donors (Lipinski definition) is 2. The summed E-state index contributed by atoms with van der Waals surface area (Å²) in [6, 6.07) is 12.1. The van der Waals surface area contributed by atoms with E-state index in [-0.39, 0.29) is 12.5 Å². The summed E-state index contributed by atoms with van der Waals surface area (Å²) in [7, 11) is 1.49. The van der Waals surface area contributed by atoms with Gasteiger partial charge < -0.3 is 19.7 Å². The molecule has 0 radical (unpaired) electrons. The van der Waals surface area contributed by atoms with Gasteiger partial charge in [0.05, 0.1) is 13.3 Å². The van der Waals surface area contributed by atoms with Crippen LogP contribution in [0.25, 0.3) is 0 Å². The molecule has 1 aliphatic rings. The second-order valence-electron chi connectivity index (χ2n) is 7.31. The first-order valence-electron chi connectivity index (χ1n) is 10.3. The average Bonchev–Trinajstić information content (AvgIpc) is 3.33. The lowest BCUT2D eigenvalue weighted by Gasteiger charge is -2.16.